The molecule has 1 unspecified atom stereocenters. The van der Waals surface area contributed by atoms with Crippen molar-refractivity contribution >= 4 is 0 Å². The second kappa shape index (κ2) is 5.01. The molecule has 1 aliphatic heterocycles. The van der Waals surface area contributed by atoms with Crippen molar-refractivity contribution in [2.75, 3.05) is 6.54 Å². The minimum atomic E-state index is 0.703. The van der Waals surface area contributed by atoms with Crippen molar-refractivity contribution in [3.63, 3.8) is 0 Å². The summed E-state index contributed by atoms with van der Waals surface area (Å²) in [6.07, 6.45) is 5.29. The maximum Gasteiger partial charge on any atom is 0.0108 e. The molecule has 16 heavy (non-hydrogen) atoms. The molecule has 1 fully saturated rings. The lowest BCUT2D eigenvalue weighted by atomic mass is 9.91. The number of benzene rings is 1. The van der Waals surface area contributed by atoms with E-state index in [9.17, 15) is 0 Å². The average molecular weight is 217 g/mol. The van der Waals surface area contributed by atoms with Gasteiger partial charge in [-0.25, -0.2) is 0 Å². The van der Waals surface area contributed by atoms with Crippen LogP contribution in [0.1, 0.15) is 41.5 Å². The first kappa shape index (κ1) is 11.7. The minimum absolute atomic E-state index is 0.703. The molecule has 1 N–H and O–H groups in total. The molecular weight excluding hydrogens is 194 g/mol. The zero-order valence-electron chi connectivity index (χ0n) is 10.8. The Hall–Kier alpha value is -0.820. The van der Waals surface area contributed by atoms with Crippen LogP contribution in [0.3, 0.4) is 0 Å². The summed E-state index contributed by atoms with van der Waals surface area (Å²) in [4.78, 5) is 0. The van der Waals surface area contributed by atoms with Crippen molar-refractivity contribution < 1.29 is 0 Å². The van der Waals surface area contributed by atoms with Crippen LogP contribution < -0.4 is 5.32 Å². The van der Waals surface area contributed by atoms with Crippen molar-refractivity contribution in [3.05, 3.63) is 34.4 Å². The third-order valence-electron chi connectivity index (χ3n) is 3.70. The summed E-state index contributed by atoms with van der Waals surface area (Å²) in [7, 11) is 0. The predicted molar refractivity (Wildman–Crippen MR) is 70.0 cm³/mol. The Kier molecular flexibility index (Phi) is 3.65. The maximum atomic E-state index is 3.64. The molecule has 0 aromatic heterocycles. The Bertz CT molecular complexity index is 339. The molecule has 1 saturated heterocycles. The van der Waals surface area contributed by atoms with Gasteiger partial charge in [0.1, 0.15) is 0 Å². The fourth-order valence-electron chi connectivity index (χ4n) is 2.88. The molecule has 88 valence electrons. The van der Waals surface area contributed by atoms with E-state index < -0.39 is 0 Å². The van der Waals surface area contributed by atoms with Gasteiger partial charge in [0.15, 0.2) is 0 Å². The summed E-state index contributed by atoms with van der Waals surface area (Å²) in [5, 5.41) is 3.64. The van der Waals surface area contributed by atoms with E-state index in [4.69, 9.17) is 0 Å². The van der Waals surface area contributed by atoms with Crippen molar-refractivity contribution in [2.24, 2.45) is 0 Å². The molecule has 1 heteroatoms. The first-order chi connectivity index (χ1) is 7.66. The number of aryl methyl sites for hydroxylation is 3. The highest BCUT2D eigenvalue weighted by molar-refractivity contribution is 5.38. The molecule has 1 aromatic rings. The van der Waals surface area contributed by atoms with Crippen LogP contribution >= 0.6 is 0 Å². The molecule has 1 atom stereocenters. The van der Waals surface area contributed by atoms with Gasteiger partial charge >= 0.3 is 0 Å². The van der Waals surface area contributed by atoms with Crippen molar-refractivity contribution in [1.29, 1.82) is 0 Å². The van der Waals surface area contributed by atoms with Crippen LogP contribution in [0.15, 0.2) is 12.1 Å². The lowest BCUT2D eigenvalue weighted by Gasteiger charge is -2.25. The molecule has 0 bridgehead atoms. The largest absolute Gasteiger partial charge is 0.314 e. The molecule has 0 spiro atoms. The quantitative estimate of drug-likeness (QED) is 0.801. The summed E-state index contributed by atoms with van der Waals surface area (Å²) in [6, 6.07) is 5.32. The number of nitrogens with one attached hydrogen (secondary N) is 1. The lowest BCUT2D eigenvalue weighted by Crippen LogP contribution is -2.35. The highest BCUT2D eigenvalue weighted by Gasteiger charge is 2.15. The zero-order chi connectivity index (χ0) is 11.5. The summed E-state index contributed by atoms with van der Waals surface area (Å²) in [5.41, 5.74) is 5.87. The summed E-state index contributed by atoms with van der Waals surface area (Å²) >= 11 is 0. The SMILES string of the molecule is Cc1cc(C)c(CC2CCCCN2)c(C)c1. The van der Waals surface area contributed by atoms with Gasteiger partial charge in [-0.05, 0) is 63.3 Å². The third-order valence-corrected chi connectivity index (χ3v) is 3.70. The normalized spacial score (nSPS) is 21.1. The van der Waals surface area contributed by atoms with E-state index in [0.717, 1.165) is 0 Å². The van der Waals surface area contributed by atoms with Gasteiger partial charge in [0.05, 0.1) is 0 Å². The van der Waals surface area contributed by atoms with Crippen molar-refractivity contribution in [2.45, 2.75) is 52.5 Å². The van der Waals surface area contributed by atoms with E-state index in [0.29, 0.717) is 6.04 Å². The smallest absolute Gasteiger partial charge is 0.0108 e. The molecule has 0 aliphatic carbocycles. The van der Waals surface area contributed by atoms with Gasteiger partial charge in [-0.2, -0.15) is 0 Å². The van der Waals surface area contributed by atoms with Gasteiger partial charge in [0.25, 0.3) is 0 Å². The highest BCUT2D eigenvalue weighted by atomic mass is 14.9. The van der Waals surface area contributed by atoms with E-state index in [2.05, 4.69) is 38.2 Å². The lowest BCUT2D eigenvalue weighted by molar-refractivity contribution is 0.398. The topological polar surface area (TPSA) is 12.0 Å². The maximum absolute atomic E-state index is 3.64. The molecule has 2 rings (SSSR count). The van der Waals surface area contributed by atoms with Crippen LogP contribution in [0.25, 0.3) is 0 Å². The first-order valence-corrected chi connectivity index (χ1v) is 6.47. The Morgan fingerprint density at radius 3 is 2.38 bits per heavy atom. The summed E-state index contributed by atoms with van der Waals surface area (Å²) in [6.45, 7) is 7.88. The Balaban J connectivity index is 2.14. The van der Waals surface area contributed by atoms with Gasteiger partial charge in [-0.1, -0.05) is 24.1 Å². The van der Waals surface area contributed by atoms with Crippen LogP contribution in [0.4, 0.5) is 0 Å². The molecule has 0 amide bonds. The van der Waals surface area contributed by atoms with Gasteiger partial charge in [-0.15, -0.1) is 0 Å². The van der Waals surface area contributed by atoms with E-state index >= 15 is 0 Å². The monoisotopic (exact) mass is 217 g/mol. The van der Waals surface area contributed by atoms with Crippen LogP contribution in [0.2, 0.25) is 0 Å². The Morgan fingerprint density at radius 1 is 1.12 bits per heavy atom. The molecule has 1 nitrogen and oxygen atoms in total. The minimum Gasteiger partial charge on any atom is -0.314 e. The Labute approximate surface area is 99.3 Å². The molecule has 1 aliphatic rings. The molecule has 0 radical (unpaired) electrons. The number of piperidine rings is 1. The van der Waals surface area contributed by atoms with E-state index in [-0.39, 0.29) is 0 Å². The van der Waals surface area contributed by atoms with Gasteiger partial charge in [0, 0.05) is 6.04 Å². The van der Waals surface area contributed by atoms with E-state index in [1.165, 1.54) is 48.9 Å². The fourth-order valence-corrected chi connectivity index (χ4v) is 2.88. The third kappa shape index (κ3) is 2.65. The van der Waals surface area contributed by atoms with E-state index in [1.54, 1.807) is 5.56 Å². The number of hydrogen-bond donors (Lipinski definition) is 1. The van der Waals surface area contributed by atoms with E-state index in [1.807, 2.05) is 0 Å². The molecule has 0 saturated carbocycles. The van der Waals surface area contributed by atoms with Crippen molar-refractivity contribution in [1.82, 2.24) is 5.32 Å². The molecule has 1 heterocycles. The second-order valence-corrected chi connectivity index (χ2v) is 5.23. The summed E-state index contributed by atoms with van der Waals surface area (Å²) in [5.74, 6) is 0. The summed E-state index contributed by atoms with van der Waals surface area (Å²) < 4.78 is 0. The average Bonchev–Trinajstić information content (AvgIpc) is 2.25. The zero-order valence-corrected chi connectivity index (χ0v) is 10.8. The van der Waals surface area contributed by atoms with Crippen LogP contribution in [0, 0.1) is 20.8 Å². The van der Waals surface area contributed by atoms with Crippen molar-refractivity contribution in [3.8, 4) is 0 Å². The van der Waals surface area contributed by atoms with Crippen LogP contribution in [0.5, 0.6) is 0 Å². The first-order valence-electron chi connectivity index (χ1n) is 6.47. The fraction of sp³-hybridized carbons (Fsp3) is 0.600. The van der Waals surface area contributed by atoms with Gasteiger partial charge in [0.2, 0.25) is 0 Å². The predicted octanol–water partition coefficient (Wildman–Crippen LogP) is 3.30. The Morgan fingerprint density at radius 2 is 1.81 bits per heavy atom. The highest BCUT2D eigenvalue weighted by Crippen LogP contribution is 2.20. The second-order valence-electron chi connectivity index (χ2n) is 5.23. The van der Waals surface area contributed by atoms with Gasteiger partial charge in [-0.3, -0.25) is 0 Å². The standard InChI is InChI=1S/C15H23N/c1-11-8-12(2)15(13(3)9-11)10-14-6-4-5-7-16-14/h8-9,14,16H,4-7,10H2,1-3H3. The number of rotatable bonds is 2. The number of hydrogen-bond acceptors (Lipinski definition) is 1. The van der Waals surface area contributed by atoms with Crippen LogP contribution in [-0.4, -0.2) is 12.6 Å². The van der Waals surface area contributed by atoms with Crippen LogP contribution in [-0.2, 0) is 6.42 Å². The molecular formula is C15H23N. The molecule has 1 aromatic carbocycles. The van der Waals surface area contributed by atoms with Gasteiger partial charge < -0.3 is 5.32 Å².